The average molecular weight is 263 g/mol. The predicted octanol–water partition coefficient (Wildman–Crippen LogP) is 1.91. The number of ether oxygens (including phenoxy) is 1. The number of pyridine rings is 1. The molecule has 2 heterocycles. The lowest BCUT2D eigenvalue weighted by molar-refractivity contribution is 0.238. The molecule has 0 bridgehead atoms. The van der Waals surface area contributed by atoms with Crippen molar-refractivity contribution in [3.8, 4) is 5.88 Å². The van der Waals surface area contributed by atoms with Crippen molar-refractivity contribution >= 4 is 0 Å². The van der Waals surface area contributed by atoms with Crippen LogP contribution in [0.4, 0.5) is 0 Å². The number of methoxy groups -OCH3 is 1. The monoisotopic (exact) mass is 263 g/mol. The Balaban J connectivity index is 1.99. The summed E-state index contributed by atoms with van der Waals surface area (Å²) in [6, 6.07) is 4.69. The van der Waals surface area contributed by atoms with Crippen LogP contribution in [0.15, 0.2) is 18.3 Å². The van der Waals surface area contributed by atoms with Crippen LogP contribution in [0.3, 0.4) is 0 Å². The summed E-state index contributed by atoms with van der Waals surface area (Å²) >= 11 is 0. The van der Waals surface area contributed by atoms with Crippen LogP contribution in [0.2, 0.25) is 0 Å². The zero-order valence-corrected chi connectivity index (χ0v) is 12.2. The SMILES string of the molecule is COc1cc(CN2CCCNC(C(C)C)C2)ccn1. The first kappa shape index (κ1) is 14.3. The minimum Gasteiger partial charge on any atom is -0.481 e. The van der Waals surface area contributed by atoms with E-state index in [1.807, 2.05) is 12.3 Å². The van der Waals surface area contributed by atoms with Gasteiger partial charge in [-0.25, -0.2) is 4.98 Å². The smallest absolute Gasteiger partial charge is 0.213 e. The first-order valence-corrected chi connectivity index (χ1v) is 7.13. The third kappa shape index (κ3) is 4.18. The van der Waals surface area contributed by atoms with Gasteiger partial charge in [0.05, 0.1) is 7.11 Å². The maximum Gasteiger partial charge on any atom is 0.213 e. The molecule has 1 atom stereocenters. The average Bonchev–Trinajstić information content (AvgIpc) is 2.64. The molecule has 4 heteroatoms. The molecule has 0 aliphatic carbocycles. The Labute approximate surface area is 116 Å². The van der Waals surface area contributed by atoms with E-state index in [2.05, 4.69) is 35.1 Å². The maximum atomic E-state index is 5.19. The number of nitrogens with zero attached hydrogens (tertiary/aromatic N) is 2. The highest BCUT2D eigenvalue weighted by Crippen LogP contribution is 2.14. The molecular weight excluding hydrogens is 238 g/mol. The molecule has 1 aromatic rings. The van der Waals surface area contributed by atoms with E-state index in [1.54, 1.807) is 7.11 Å². The topological polar surface area (TPSA) is 37.4 Å². The molecular formula is C15H25N3O. The van der Waals surface area contributed by atoms with Gasteiger partial charge in [0.2, 0.25) is 5.88 Å². The van der Waals surface area contributed by atoms with E-state index in [0.717, 1.165) is 26.2 Å². The quantitative estimate of drug-likeness (QED) is 0.900. The molecule has 2 rings (SSSR count). The molecule has 1 aromatic heterocycles. The van der Waals surface area contributed by atoms with Gasteiger partial charge < -0.3 is 10.1 Å². The summed E-state index contributed by atoms with van der Waals surface area (Å²) in [5.74, 6) is 1.37. The third-order valence-electron chi connectivity index (χ3n) is 3.73. The Morgan fingerprint density at radius 3 is 3.11 bits per heavy atom. The van der Waals surface area contributed by atoms with Gasteiger partial charge in [-0.1, -0.05) is 13.8 Å². The van der Waals surface area contributed by atoms with Crippen molar-refractivity contribution in [3.05, 3.63) is 23.9 Å². The number of hydrogen-bond acceptors (Lipinski definition) is 4. The van der Waals surface area contributed by atoms with Crippen molar-refractivity contribution in [1.29, 1.82) is 0 Å². The molecule has 0 radical (unpaired) electrons. The summed E-state index contributed by atoms with van der Waals surface area (Å²) in [5, 5.41) is 3.64. The van der Waals surface area contributed by atoms with E-state index in [1.165, 1.54) is 12.0 Å². The second-order valence-corrected chi connectivity index (χ2v) is 5.60. The van der Waals surface area contributed by atoms with Crippen LogP contribution >= 0.6 is 0 Å². The van der Waals surface area contributed by atoms with Gasteiger partial charge in [-0.2, -0.15) is 0 Å². The molecule has 1 saturated heterocycles. The minimum absolute atomic E-state index is 0.589. The molecule has 4 nitrogen and oxygen atoms in total. The molecule has 1 N–H and O–H groups in total. The standard InChI is InChI=1S/C15H25N3O/c1-12(2)14-11-18(8-4-6-16-14)10-13-5-7-17-15(9-13)19-3/h5,7,9,12,14,16H,4,6,8,10-11H2,1-3H3. The molecule has 1 fully saturated rings. The minimum atomic E-state index is 0.589. The highest BCUT2D eigenvalue weighted by molar-refractivity contribution is 5.20. The van der Waals surface area contributed by atoms with Crippen LogP contribution in [0.1, 0.15) is 25.8 Å². The first-order valence-electron chi connectivity index (χ1n) is 7.13. The Bertz CT molecular complexity index is 395. The zero-order chi connectivity index (χ0) is 13.7. The van der Waals surface area contributed by atoms with Crippen LogP contribution in [-0.4, -0.2) is 42.7 Å². The molecule has 0 aromatic carbocycles. The fraction of sp³-hybridized carbons (Fsp3) is 0.667. The van der Waals surface area contributed by atoms with Gasteiger partial charge in [0, 0.05) is 31.4 Å². The van der Waals surface area contributed by atoms with E-state index in [-0.39, 0.29) is 0 Å². The summed E-state index contributed by atoms with van der Waals surface area (Å²) < 4.78 is 5.19. The van der Waals surface area contributed by atoms with Gasteiger partial charge in [-0.15, -0.1) is 0 Å². The lowest BCUT2D eigenvalue weighted by Gasteiger charge is -2.26. The van der Waals surface area contributed by atoms with Crippen molar-refractivity contribution in [2.75, 3.05) is 26.7 Å². The third-order valence-corrected chi connectivity index (χ3v) is 3.73. The van der Waals surface area contributed by atoms with E-state index in [4.69, 9.17) is 4.74 Å². The van der Waals surface area contributed by atoms with Gasteiger partial charge in [0.15, 0.2) is 0 Å². The molecule has 1 unspecified atom stereocenters. The molecule has 0 spiro atoms. The van der Waals surface area contributed by atoms with Crippen LogP contribution in [-0.2, 0) is 6.54 Å². The Hall–Kier alpha value is -1.13. The Morgan fingerprint density at radius 1 is 1.53 bits per heavy atom. The van der Waals surface area contributed by atoms with Crippen molar-refractivity contribution in [2.24, 2.45) is 5.92 Å². The van der Waals surface area contributed by atoms with Gasteiger partial charge in [0.1, 0.15) is 0 Å². The van der Waals surface area contributed by atoms with Crippen LogP contribution in [0.5, 0.6) is 5.88 Å². The van der Waals surface area contributed by atoms with Crippen LogP contribution in [0, 0.1) is 5.92 Å². The van der Waals surface area contributed by atoms with Crippen molar-refractivity contribution in [3.63, 3.8) is 0 Å². The van der Waals surface area contributed by atoms with Crippen LogP contribution in [0.25, 0.3) is 0 Å². The van der Waals surface area contributed by atoms with E-state index < -0.39 is 0 Å². The lowest BCUT2D eigenvalue weighted by Crippen LogP contribution is -2.41. The van der Waals surface area contributed by atoms with E-state index in [9.17, 15) is 0 Å². The van der Waals surface area contributed by atoms with E-state index in [0.29, 0.717) is 17.8 Å². The van der Waals surface area contributed by atoms with Crippen molar-refractivity contribution in [1.82, 2.24) is 15.2 Å². The maximum absolute atomic E-state index is 5.19. The van der Waals surface area contributed by atoms with Gasteiger partial charge >= 0.3 is 0 Å². The number of nitrogens with one attached hydrogen (secondary N) is 1. The summed E-state index contributed by atoms with van der Waals surface area (Å²) in [4.78, 5) is 6.69. The zero-order valence-electron chi connectivity index (χ0n) is 12.2. The highest BCUT2D eigenvalue weighted by atomic mass is 16.5. The Morgan fingerprint density at radius 2 is 2.37 bits per heavy atom. The summed E-state index contributed by atoms with van der Waals surface area (Å²) in [6.07, 6.45) is 3.04. The number of aromatic nitrogens is 1. The second-order valence-electron chi connectivity index (χ2n) is 5.60. The van der Waals surface area contributed by atoms with Crippen molar-refractivity contribution in [2.45, 2.75) is 32.9 Å². The molecule has 1 aliphatic rings. The van der Waals surface area contributed by atoms with Gasteiger partial charge in [-0.3, -0.25) is 4.90 Å². The fourth-order valence-electron chi connectivity index (χ4n) is 2.53. The number of rotatable bonds is 4. The van der Waals surface area contributed by atoms with E-state index >= 15 is 0 Å². The summed E-state index contributed by atoms with van der Waals surface area (Å²) in [6.45, 7) is 8.94. The van der Waals surface area contributed by atoms with Gasteiger partial charge in [0.25, 0.3) is 0 Å². The lowest BCUT2D eigenvalue weighted by atomic mass is 10.0. The summed E-state index contributed by atoms with van der Waals surface area (Å²) in [7, 11) is 1.66. The molecule has 1 aliphatic heterocycles. The normalized spacial score (nSPS) is 21.4. The van der Waals surface area contributed by atoms with Gasteiger partial charge in [-0.05, 0) is 37.1 Å². The molecule has 106 valence electrons. The molecule has 0 amide bonds. The largest absolute Gasteiger partial charge is 0.481 e. The molecule has 0 saturated carbocycles. The number of hydrogen-bond donors (Lipinski definition) is 1. The first-order chi connectivity index (χ1) is 9.19. The Kier molecular flexibility index (Phi) is 5.16. The predicted molar refractivity (Wildman–Crippen MR) is 77.3 cm³/mol. The highest BCUT2D eigenvalue weighted by Gasteiger charge is 2.20. The molecule has 19 heavy (non-hydrogen) atoms. The van der Waals surface area contributed by atoms with Crippen LogP contribution < -0.4 is 10.1 Å². The summed E-state index contributed by atoms with van der Waals surface area (Å²) in [5.41, 5.74) is 1.27. The van der Waals surface area contributed by atoms with Crippen molar-refractivity contribution < 1.29 is 4.74 Å². The second kappa shape index (κ2) is 6.87. The fourth-order valence-corrected chi connectivity index (χ4v) is 2.53.